The maximum Gasteiger partial charge on any atom is 0.0579 e. The molecule has 0 unspecified atom stereocenters. The molecular formula is C13H20N2S. The maximum absolute atomic E-state index is 5.67. The Morgan fingerprint density at radius 3 is 2.94 bits per heavy atom. The summed E-state index contributed by atoms with van der Waals surface area (Å²) < 4.78 is 0. The van der Waals surface area contributed by atoms with Crippen LogP contribution in [0.5, 0.6) is 0 Å². The summed E-state index contributed by atoms with van der Waals surface area (Å²) in [6.45, 7) is 0.556. The van der Waals surface area contributed by atoms with Crippen LogP contribution in [0.4, 0.5) is 0 Å². The number of nitrogens with two attached hydrogens (primary N) is 1. The van der Waals surface area contributed by atoms with Gasteiger partial charge in [0.15, 0.2) is 0 Å². The molecule has 0 saturated heterocycles. The number of rotatable bonds is 5. The molecule has 1 fully saturated rings. The summed E-state index contributed by atoms with van der Waals surface area (Å²) in [7, 11) is 0. The number of aromatic nitrogens is 1. The number of pyridine rings is 1. The van der Waals surface area contributed by atoms with Crippen LogP contribution in [0, 0.1) is 5.92 Å². The smallest absolute Gasteiger partial charge is 0.0579 e. The van der Waals surface area contributed by atoms with Crippen molar-refractivity contribution >= 4 is 11.8 Å². The van der Waals surface area contributed by atoms with Gasteiger partial charge in [-0.15, -0.1) is 0 Å². The van der Waals surface area contributed by atoms with Gasteiger partial charge in [-0.05, 0) is 36.1 Å². The second-order valence-electron chi connectivity index (χ2n) is 4.48. The molecule has 0 aromatic carbocycles. The van der Waals surface area contributed by atoms with Crippen molar-refractivity contribution in [2.75, 3.05) is 5.75 Å². The van der Waals surface area contributed by atoms with Crippen LogP contribution in [-0.4, -0.2) is 10.7 Å². The molecule has 2 nitrogen and oxygen atoms in total. The minimum Gasteiger partial charge on any atom is -0.325 e. The third-order valence-corrected chi connectivity index (χ3v) is 4.49. The lowest BCUT2D eigenvalue weighted by molar-refractivity contribution is 0.623. The van der Waals surface area contributed by atoms with E-state index in [2.05, 4.69) is 11.1 Å². The highest BCUT2D eigenvalue weighted by Gasteiger charge is 2.14. The molecule has 0 aliphatic heterocycles. The van der Waals surface area contributed by atoms with Gasteiger partial charge in [0.05, 0.1) is 5.69 Å². The Labute approximate surface area is 102 Å². The Morgan fingerprint density at radius 1 is 1.38 bits per heavy atom. The minimum absolute atomic E-state index is 0.556. The molecule has 1 aliphatic rings. The van der Waals surface area contributed by atoms with Crippen molar-refractivity contribution in [3.63, 3.8) is 0 Å². The Hall–Kier alpha value is -0.540. The van der Waals surface area contributed by atoms with E-state index < -0.39 is 0 Å². The lowest BCUT2D eigenvalue weighted by Gasteiger charge is -2.09. The number of thioether (sulfide) groups is 1. The van der Waals surface area contributed by atoms with Crippen LogP contribution in [0.15, 0.2) is 18.3 Å². The molecule has 1 aliphatic carbocycles. The molecule has 0 amide bonds. The van der Waals surface area contributed by atoms with Crippen LogP contribution in [0.2, 0.25) is 0 Å². The fourth-order valence-corrected chi connectivity index (χ4v) is 3.57. The van der Waals surface area contributed by atoms with Crippen LogP contribution >= 0.6 is 11.8 Å². The van der Waals surface area contributed by atoms with E-state index in [1.807, 2.05) is 24.0 Å². The first-order valence-corrected chi connectivity index (χ1v) is 7.26. The first-order valence-electron chi connectivity index (χ1n) is 6.10. The van der Waals surface area contributed by atoms with E-state index in [1.165, 1.54) is 37.0 Å². The summed E-state index contributed by atoms with van der Waals surface area (Å²) >= 11 is 2.04. The highest BCUT2D eigenvalue weighted by Crippen LogP contribution is 2.29. The van der Waals surface area contributed by atoms with Crippen LogP contribution in [-0.2, 0) is 12.3 Å². The molecule has 16 heavy (non-hydrogen) atoms. The Bertz CT molecular complexity index is 321. The molecule has 1 heterocycles. The predicted octanol–water partition coefficient (Wildman–Crippen LogP) is 2.96. The quantitative estimate of drug-likeness (QED) is 0.854. The lowest BCUT2D eigenvalue weighted by Crippen LogP contribution is -2.04. The Morgan fingerprint density at radius 2 is 2.19 bits per heavy atom. The van der Waals surface area contributed by atoms with Gasteiger partial charge in [-0.3, -0.25) is 4.98 Å². The monoisotopic (exact) mass is 236 g/mol. The van der Waals surface area contributed by atoms with Gasteiger partial charge in [0.2, 0.25) is 0 Å². The molecule has 0 radical (unpaired) electrons. The molecule has 1 aromatic rings. The first-order chi connectivity index (χ1) is 7.90. The zero-order valence-corrected chi connectivity index (χ0v) is 10.5. The summed E-state index contributed by atoms with van der Waals surface area (Å²) in [6.07, 6.45) is 7.57. The first kappa shape index (κ1) is 11.9. The highest BCUT2D eigenvalue weighted by atomic mass is 32.2. The molecule has 2 rings (SSSR count). The SMILES string of the molecule is NCc1ncccc1CSCC1CCCC1. The lowest BCUT2D eigenvalue weighted by atomic mass is 10.1. The zero-order chi connectivity index (χ0) is 11.2. The van der Waals surface area contributed by atoms with Crippen LogP contribution in [0.1, 0.15) is 36.9 Å². The molecule has 0 bridgehead atoms. The molecule has 88 valence electrons. The second-order valence-corrected chi connectivity index (χ2v) is 5.51. The van der Waals surface area contributed by atoms with Crippen molar-refractivity contribution in [1.29, 1.82) is 0 Å². The molecule has 1 aromatic heterocycles. The van der Waals surface area contributed by atoms with Crippen molar-refractivity contribution in [3.8, 4) is 0 Å². The molecule has 0 spiro atoms. The largest absolute Gasteiger partial charge is 0.325 e. The van der Waals surface area contributed by atoms with E-state index in [-0.39, 0.29) is 0 Å². The zero-order valence-electron chi connectivity index (χ0n) is 9.69. The molecule has 3 heteroatoms. The van der Waals surface area contributed by atoms with Crippen LogP contribution in [0.25, 0.3) is 0 Å². The van der Waals surface area contributed by atoms with E-state index in [9.17, 15) is 0 Å². The van der Waals surface area contributed by atoms with Gasteiger partial charge in [0.1, 0.15) is 0 Å². The van der Waals surface area contributed by atoms with Crippen molar-refractivity contribution in [2.24, 2.45) is 11.7 Å². The summed E-state index contributed by atoms with van der Waals surface area (Å²) in [5.41, 5.74) is 8.04. The predicted molar refractivity (Wildman–Crippen MR) is 70.2 cm³/mol. The standard InChI is InChI=1S/C13H20N2S/c14-8-13-12(6-3-7-15-13)10-16-9-11-4-1-2-5-11/h3,6-7,11H,1-2,4-5,8-10,14H2. The number of hydrogen-bond acceptors (Lipinski definition) is 3. The van der Waals surface area contributed by atoms with Crippen LogP contribution < -0.4 is 5.73 Å². The van der Waals surface area contributed by atoms with Gasteiger partial charge in [-0.1, -0.05) is 18.9 Å². The van der Waals surface area contributed by atoms with E-state index >= 15 is 0 Å². The molecule has 0 atom stereocenters. The normalized spacial score (nSPS) is 16.8. The topological polar surface area (TPSA) is 38.9 Å². The summed E-state index contributed by atoms with van der Waals surface area (Å²) in [5, 5.41) is 0. The second kappa shape index (κ2) is 6.26. The van der Waals surface area contributed by atoms with Gasteiger partial charge in [-0.2, -0.15) is 11.8 Å². The minimum atomic E-state index is 0.556. The Kier molecular flexibility index (Phi) is 4.67. The van der Waals surface area contributed by atoms with E-state index in [0.717, 1.165) is 17.4 Å². The van der Waals surface area contributed by atoms with Crippen LogP contribution in [0.3, 0.4) is 0 Å². The van der Waals surface area contributed by atoms with Crippen molar-refractivity contribution in [3.05, 3.63) is 29.6 Å². The van der Waals surface area contributed by atoms with Gasteiger partial charge in [0, 0.05) is 18.5 Å². The van der Waals surface area contributed by atoms with E-state index in [4.69, 9.17) is 5.73 Å². The van der Waals surface area contributed by atoms with Crippen molar-refractivity contribution in [2.45, 2.75) is 38.0 Å². The average Bonchev–Trinajstić information content (AvgIpc) is 2.83. The van der Waals surface area contributed by atoms with Gasteiger partial charge >= 0.3 is 0 Å². The third kappa shape index (κ3) is 3.22. The third-order valence-electron chi connectivity index (χ3n) is 3.26. The van der Waals surface area contributed by atoms with E-state index in [1.54, 1.807) is 0 Å². The maximum atomic E-state index is 5.67. The van der Waals surface area contributed by atoms with Gasteiger partial charge < -0.3 is 5.73 Å². The molecule has 1 saturated carbocycles. The summed E-state index contributed by atoms with van der Waals surface area (Å²) in [5.74, 6) is 3.33. The van der Waals surface area contributed by atoms with Gasteiger partial charge in [-0.25, -0.2) is 0 Å². The van der Waals surface area contributed by atoms with Crippen molar-refractivity contribution in [1.82, 2.24) is 4.98 Å². The molecular weight excluding hydrogens is 216 g/mol. The number of nitrogens with zero attached hydrogens (tertiary/aromatic N) is 1. The Balaban J connectivity index is 1.79. The average molecular weight is 236 g/mol. The summed E-state index contributed by atoms with van der Waals surface area (Å²) in [6, 6.07) is 4.15. The van der Waals surface area contributed by atoms with E-state index in [0.29, 0.717) is 6.54 Å². The highest BCUT2D eigenvalue weighted by molar-refractivity contribution is 7.98. The van der Waals surface area contributed by atoms with Gasteiger partial charge in [0.25, 0.3) is 0 Å². The summed E-state index contributed by atoms with van der Waals surface area (Å²) in [4.78, 5) is 4.31. The van der Waals surface area contributed by atoms with Crippen molar-refractivity contribution < 1.29 is 0 Å². The fraction of sp³-hybridized carbons (Fsp3) is 0.615. The number of hydrogen-bond donors (Lipinski definition) is 1. The molecule has 2 N–H and O–H groups in total. The fourth-order valence-electron chi connectivity index (χ4n) is 2.30.